The van der Waals surface area contributed by atoms with Crippen LogP contribution in [0.4, 0.5) is 0 Å². The first kappa shape index (κ1) is 11.9. The highest BCUT2D eigenvalue weighted by atomic mass is 16.3. The van der Waals surface area contributed by atoms with Gasteiger partial charge in [-0.25, -0.2) is 0 Å². The third-order valence-electron chi connectivity index (χ3n) is 3.20. The zero-order valence-electron chi connectivity index (χ0n) is 10.0. The number of nitrogens with zero attached hydrogens (tertiary/aromatic N) is 1. The van der Waals surface area contributed by atoms with E-state index in [9.17, 15) is 9.90 Å². The predicted molar refractivity (Wildman–Crippen MR) is 66.1 cm³/mol. The summed E-state index contributed by atoms with van der Waals surface area (Å²) in [5.41, 5.74) is 0.353. The summed E-state index contributed by atoms with van der Waals surface area (Å²) in [7, 11) is 2.08. The van der Waals surface area contributed by atoms with E-state index in [-0.39, 0.29) is 17.7 Å². The van der Waals surface area contributed by atoms with Gasteiger partial charge in [-0.05, 0) is 45.1 Å². The van der Waals surface area contributed by atoms with Crippen LogP contribution in [-0.2, 0) is 0 Å². The fourth-order valence-electron chi connectivity index (χ4n) is 2.08. The fourth-order valence-corrected chi connectivity index (χ4v) is 2.08. The minimum atomic E-state index is -0.183. The Bertz CT molecular complexity index is 398. The van der Waals surface area contributed by atoms with Crippen LogP contribution in [0.25, 0.3) is 0 Å². The Labute approximate surface area is 101 Å². The van der Waals surface area contributed by atoms with E-state index in [0.29, 0.717) is 5.56 Å². The van der Waals surface area contributed by atoms with Crippen molar-refractivity contribution in [3.8, 4) is 5.75 Å². The van der Waals surface area contributed by atoms with Gasteiger partial charge < -0.3 is 15.3 Å². The molecule has 4 nitrogen and oxygen atoms in total. The second-order valence-electron chi connectivity index (χ2n) is 4.57. The molecule has 1 amide bonds. The van der Waals surface area contributed by atoms with Gasteiger partial charge in [-0.2, -0.15) is 0 Å². The number of nitrogens with one attached hydrogen (secondary N) is 1. The smallest absolute Gasteiger partial charge is 0.255 e. The van der Waals surface area contributed by atoms with Gasteiger partial charge in [0.25, 0.3) is 5.91 Å². The van der Waals surface area contributed by atoms with Gasteiger partial charge in [-0.1, -0.05) is 12.1 Å². The number of phenolic OH excluding ortho intramolecular Hbond substituents is 1. The van der Waals surface area contributed by atoms with E-state index < -0.39 is 0 Å². The number of carbonyl (C=O) groups excluding carboxylic acids is 1. The van der Waals surface area contributed by atoms with Crippen LogP contribution in [0.3, 0.4) is 0 Å². The lowest BCUT2D eigenvalue weighted by atomic mass is 10.0. The summed E-state index contributed by atoms with van der Waals surface area (Å²) in [6.45, 7) is 2.01. The van der Waals surface area contributed by atoms with Gasteiger partial charge in [0.05, 0.1) is 5.56 Å². The van der Waals surface area contributed by atoms with Crippen molar-refractivity contribution in [3.05, 3.63) is 29.8 Å². The summed E-state index contributed by atoms with van der Waals surface area (Å²) in [4.78, 5) is 14.2. The van der Waals surface area contributed by atoms with Crippen LogP contribution in [-0.4, -0.2) is 42.1 Å². The molecule has 0 atom stereocenters. The van der Waals surface area contributed by atoms with Crippen molar-refractivity contribution in [1.29, 1.82) is 0 Å². The van der Waals surface area contributed by atoms with E-state index in [4.69, 9.17) is 0 Å². The molecule has 1 aromatic carbocycles. The number of benzene rings is 1. The van der Waals surface area contributed by atoms with E-state index in [1.807, 2.05) is 0 Å². The molecule has 1 saturated heterocycles. The third kappa shape index (κ3) is 2.97. The topological polar surface area (TPSA) is 52.6 Å². The zero-order valence-corrected chi connectivity index (χ0v) is 10.0. The molecule has 92 valence electrons. The molecule has 17 heavy (non-hydrogen) atoms. The summed E-state index contributed by atoms with van der Waals surface area (Å²) in [5.74, 6) is -0.143. The van der Waals surface area contributed by atoms with Crippen molar-refractivity contribution < 1.29 is 9.90 Å². The number of carbonyl (C=O) groups is 1. The molecular formula is C13H18N2O2. The molecule has 0 bridgehead atoms. The van der Waals surface area contributed by atoms with Crippen molar-refractivity contribution in [1.82, 2.24) is 10.2 Å². The Balaban J connectivity index is 1.96. The fraction of sp³-hybridized carbons (Fsp3) is 0.462. The number of aromatic hydroxyl groups is 1. The van der Waals surface area contributed by atoms with E-state index in [0.717, 1.165) is 25.9 Å². The largest absolute Gasteiger partial charge is 0.507 e. The lowest BCUT2D eigenvalue weighted by Gasteiger charge is -2.29. The third-order valence-corrected chi connectivity index (χ3v) is 3.20. The van der Waals surface area contributed by atoms with Crippen LogP contribution < -0.4 is 5.32 Å². The molecule has 1 aliphatic rings. The molecule has 1 heterocycles. The molecule has 0 spiro atoms. The number of likely N-dealkylation sites (tertiary alicyclic amines) is 1. The lowest BCUT2D eigenvalue weighted by Crippen LogP contribution is -2.43. The molecule has 1 aromatic rings. The van der Waals surface area contributed by atoms with Crippen LogP contribution in [0.15, 0.2) is 24.3 Å². The van der Waals surface area contributed by atoms with Crippen molar-refractivity contribution in [2.24, 2.45) is 0 Å². The Kier molecular flexibility index (Phi) is 3.64. The van der Waals surface area contributed by atoms with E-state index >= 15 is 0 Å². The van der Waals surface area contributed by atoms with E-state index in [2.05, 4.69) is 17.3 Å². The monoisotopic (exact) mass is 234 g/mol. The zero-order chi connectivity index (χ0) is 12.3. The summed E-state index contributed by atoms with van der Waals surface area (Å²) < 4.78 is 0. The summed E-state index contributed by atoms with van der Waals surface area (Å²) >= 11 is 0. The van der Waals surface area contributed by atoms with Gasteiger partial charge in [-0.3, -0.25) is 4.79 Å². The van der Waals surface area contributed by atoms with Crippen LogP contribution in [0.2, 0.25) is 0 Å². The number of hydrogen-bond acceptors (Lipinski definition) is 3. The number of hydrogen-bond donors (Lipinski definition) is 2. The Morgan fingerprint density at radius 3 is 2.65 bits per heavy atom. The molecule has 2 N–H and O–H groups in total. The minimum absolute atomic E-state index is 0.0397. The lowest BCUT2D eigenvalue weighted by molar-refractivity contribution is 0.0914. The molecule has 2 rings (SSSR count). The van der Waals surface area contributed by atoms with E-state index in [1.165, 1.54) is 6.07 Å². The van der Waals surface area contributed by atoms with Crippen LogP contribution in [0.5, 0.6) is 5.75 Å². The van der Waals surface area contributed by atoms with Crippen LogP contribution in [0, 0.1) is 0 Å². The number of amides is 1. The van der Waals surface area contributed by atoms with Gasteiger partial charge in [0, 0.05) is 6.04 Å². The van der Waals surface area contributed by atoms with Gasteiger partial charge in [0.2, 0.25) is 0 Å². The molecule has 4 heteroatoms. The molecule has 0 aliphatic carbocycles. The SMILES string of the molecule is CN1CCC(NC(=O)c2ccccc2O)CC1. The van der Waals surface area contributed by atoms with Crippen LogP contribution in [0.1, 0.15) is 23.2 Å². The average Bonchev–Trinajstić information content (AvgIpc) is 2.32. The standard InChI is InChI=1S/C13H18N2O2/c1-15-8-6-10(7-9-15)14-13(17)11-4-2-3-5-12(11)16/h2-5,10,16H,6-9H2,1H3,(H,14,17). The number of phenols is 1. The first-order chi connectivity index (χ1) is 8.16. The number of piperidine rings is 1. The predicted octanol–water partition coefficient (Wildman–Crippen LogP) is 1.22. The highest BCUT2D eigenvalue weighted by molar-refractivity contribution is 5.96. The highest BCUT2D eigenvalue weighted by Gasteiger charge is 2.20. The van der Waals surface area contributed by atoms with Gasteiger partial charge in [0.1, 0.15) is 5.75 Å². The number of para-hydroxylation sites is 1. The molecule has 0 unspecified atom stereocenters. The molecule has 0 radical (unpaired) electrons. The average molecular weight is 234 g/mol. The minimum Gasteiger partial charge on any atom is -0.507 e. The normalized spacial score (nSPS) is 17.9. The first-order valence-corrected chi connectivity index (χ1v) is 5.94. The Hall–Kier alpha value is -1.55. The van der Waals surface area contributed by atoms with Crippen molar-refractivity contribution in [2.75, 3.05) is 20.1 Å². The quantitative estimate of drug-likeness (QED) is 0.809. The Morgan fingerprint density at radius 1 is 1.35 bits per heavy atom. The van der Waals surface area contributed by atoms with Crippen molar-refractivity contribution >= 4 is 5.91 Å². The maximum atomic E-state index is 11.9. The molecule has 0 aromatic heterocycles. The summed E-state index contributed by atoms with van der Waals surface area (Å²) in [6.07, 6.45) is 1.94. The van der Waals surface area contributed by atoms with E-state index in [1.54, 1.807) is 18.2 Å². The molecule has 0 saturated carbocycles. The highest BCUT2D eigenvalue weighted by Crippen LogP contribution is 2.16. The maximum Gasteiger partial charge on any atom is 0.255 e. The van der Waals surface area contributed by atoms with Gasteiger partial charge in [0.15, 0.2) is 0 Å². The summed E-state index contributed by atoms with van der Waals surface area (Å²) in [6, 6.07) is 6.85. The molecular weight excluding hydrogens is 216 g/mol. The van der Waals surface area contributed by atoms with Crippen molar-refractivity contribution in [3.63, 3.8) is 0 Å². The van der Waals surface area contributed by atoms with Crippen LogP contribution >= 0.6 is 0 Å². The second kappa shape index (κ2) is 5.19. The summed E-state index contributed by atoms with van der Waals surface area (Å²) in [5, 5.41) is 12.6. The Morgan fingerprint density at radius 2 is 2.00 bits per heavy atom. The van der Waals surface area contributed by atoms with Crippen molar-refractivity contribution in [2.45, 2.75) is 18.9 Å². The number of rotatable bonds is 2. The van der Waals surface area contributed by atoms with Gasteiger partial charge in [-0.15, -0.1) is 0 Å². The maximum absolute atomic E-state index is 11.9. The van der Waals surface area contributed by atoms with Gasteiger partial charge >= 0.3 is 0 Å². The first-order valence-electron chi connectivity index (χ1n) is 5.94. The molecule has 1 fully saturated rings. The molecule has 1 aliphatic heterocycles. The second-order valence-corrected chi connectivity index (χ2v) is 4.57.